The zero-order valence-electron chi connectivity index (χ0n) is 18.6. The van der Waals surface area contributed by atoms with Crippen LogP contribution in [0.3, 0.4) is 0 Å². The molecule has 5 nitrogen and oxygen atoms in total. The van der Waals surface area contributed by atoms with Crippen molar-refractivity contribution < 1.29 is 24.4 Å². The van der Waals surface area contributed by atoms with Crippen LogP contribution in [0.4, 0.5) is 0 Å². The van der Waals surface area contributed by atoms with Crippen molar-refractivity contribution in [1.82, 2.24) is 0 Å². The van der Waals surface area contributed by atoms with E-state index in [1.54, 1.807) is 24.3 Å². The van der Waals surface area contributed by atoms with E-state index in [4.69, 9.17) is 19.3 Å². The first-order chi connectivity index (χ1) is 14.3. The second-order valence-corrected chi connectivity index (χ2v) is 9.25. The molecule has 0 radical (unpaired) electrons. The highest BCUT2D eigenvalue weighted by Gasteiger charge is 2.41. The van der Waals surface area contributed by atoms with Gasteiger partial charge in [0.1, 0.15) is 11.5 Å². The van der Waals surface area contributed by atoms with Gasteiger partial charge < -0.3 is 24.4 Å². The zero-order valence-corrected chi connectivity index (χ0v) is 18.6. The molecular weight excluding hydrogens is 380 g/mol. The van der Waals surface area contributed by atoms with E-state index in [0.717, 1.165) is 19.4 Å². The van der Waals surface area contributed by atoms with Crippen molar-refractivity contribution in [3.63, 3.8) is 0 Å². The summed E-state index contributed by atoms with van der Waals surface area (Å²) in [5, 5.41) is 22.1. The summed E-state index contributed by atoms with van der Waals surface area (Å²) in [5.74, 6) is 3.40. The molecule has 1 N–H and O–H groups in total. The fourth-order valence-corrected chi connectivity index (χ4v) is 5.15. The molecule has 0 spiro atoms. The summed E-state index contributed by atoms with van der Waals surface area (Å²) in [6.07, 6.45) is 4.18. The molecule has 3 rings (SSSR count). The van der Waals surface area contributed by atoms with E-state index in [-0.39, 0.29) is 11.7 Å². The number of aliphatic hydroxyl groups excluding tert-OH is 1. The third-order valence-electron chi connectivity index (χ3n) is 7.11. The number of fused-ring (bicyclic) bond motifs is 1. The first-order valence-corrected chi connectivity index (χ1v) is 11.4. The predicted octanol–water partition coefficient (Wildman–Crippen LogP) is 4.71. The van der Waals surface area contributed by atoms with Crippen LogP contribution in [-0.2, 0) is 4.74 Å². The standard InChI is InChI=1S/C25H37O5/c1-16-5-11-23(24-15-29-18(3)6-12-22(16)24)19(4)25(27)30-21-9-7-20(8-10-21)28-14-13-17(2)26/h7-10,16,18-19,22-26H,2,5-6,11-15H2,1,3-4H3/q-1/t16-,18?,19-,22+,23+,24?,25-/m1/s1. The molecule has 30 heavy (non-hydrogen) atoms. The Morgan fingerprint density at radius 3 is 2.53 bits per heavy atom. The molecule has 0 bridgehead atoms. The first-order valence-electron chi connectivity index (χ1n) is 11.4. The van der Waals surface area contributed by atoms with Crippen LogP contribution < -0.4 is 14.6 Å². The van der Waals surface area contributed by atoms with Crippen LogP contribution in [-0.4, -0.2) is 30.7 Å². The van der Waals surface area contributed by atoms with Crippen LogP contribution in [0.5, 0.6) is 11.5 Å². The number of hydrogen-bond acceptors (Lipinski definition) is 5. The third kappa shape index (κ3) is 5.92. The molecule has 0 aromatic heterocycles. The molecule has 1 heterocycles. The Balaban J connectivity index is 1.58. The Bertz CT molecular complexity index is 673. The van der Waals surface area contributed by atoms with Gasteiger partial charge in [-0.3, -0.25) is 0 Å². The van der Waals surface area contributed by atoms with Crippen molar-refractivity contribution >= 4 is 0 Å². The topological polar surface area (TPSA) is 71.0 Å². The third-order valence-corrected chi connectivity index (χ3v) is 7.11. The van der Waals surface area contributed by atoms with Gasteiger partial charge in [-0.1, -0.05) is 26.8 Å². The smallest absolute Gasteiger partial charge is 0.119 e. The van der Waals surface area contributed by atoms with Gasteiger partial charge in [0.25, 0.3) is 0 Å². The van der Waals surface area contributed by atoms with Crippen LogP contribution in [0.25, 0.3) is 0 Å². The summed E-state index contributed by atoms with van der Waals surface area (Å²) in [4.78, 5) is 0. The molecule has 7 atom stereocenters. The summed E-state index contributed by atoms with van der Waals surface area (Å²) in [6.45, 7) is 11.1. The summed E-state index contributed by atoms with van der Waals surface area (Å²) in [6, 6.07) is 7.10. The van der Waals surface area contributed by atoms with Crippen LogP contribution in [0.2, 0.25) is 0 Å². The Labute approximate surface area is 181 Å². The van der Waals surface area contributed by atoms with E-state index < -0.39 is 6.29 Å². The zero-order chi connectivity index (χ0) is 21.7. The molecule has 1 saturated heterocycles. The Kier molecular flexibility index (Phi) is 8.06. The van der Waals surface area contributed by atoms with Crippen LogP contribution >= 0.6 is 0 Å². The molecule has 2 unspecified atom stereocenters. The normalized spacial score (nSPS) is 31.1. The van der Waals surface area contributed by atoms with E-state index >= 15 is 0 Å². The summed E-state index contributed by atoms with van der Waals surface area (Å²) in [7, 11) is 0. The lowest BCUT2D eigenvalue weighted by Gasteiger charge is -2.46. The Morgan fingerprint density at radius 1 is 1.13 bits per heavy atom. The Hall–Kier alpha value is -1.72. The fourth-order valence-electron chi connectivity index (χ4n) is 5.15. The van der Waals surface area contributed by atoms with Crippen molar-refractivity contribution in [1.29, 1.82) is 0 Å². The van der Waals surface area contributed by atoms with E-state index in [1.165, 1.54) is 12.8 Å². The molecule has 2 aliphatic rings. The van der Waals surface area contributed by atoms with Gasteiger partial charge in [0.15, 0.2) is 0 Å². The van der Waals surface area contributed by atoms with Gasteiger partial charge in [0.2, 0.25) is 0 Å². The largest absolute Gasteiger partial charge is 0.821 e. The number of benzene rings is 1. The average molecular weight is 418 g/mol. The van der Waals surface area contributed by atoms with Crippen LogP contribution in [0.1, 0.15) is 52.9 Å². The minimum atomic E-state index is -1.10. The van der Waals surface area contributed by atoms with Crippen molar-refractivity contribution in [2.45, 2.75) is 65.3 Å². The molecule has 2 fully saturated rings. The minimum Gasteiger partial charge on any atom is -0.821 e. The van der Waals surface area contributed by atoms with Gasteiger partial charge in [-0.05, 0) is 80.0 Å². The second-order valence-electron chi connectivity index (χ2n) is 9.25. The maximum Gasteiger partial charge on any atom is 0.119 e. The second kappa shape index (κ2) is 10.5. The maximum atomic E-state index is 13.0. The molecule has 5 heteroatoms. The van der Waals surface area contributed by atoms with Gasteiger partial charge >= 0.3 is 0 Å². The highest BCUT2D eigenvalue weighted by molar-refractivity contribution is 5.31. The lowest BCUT2D eigenvalue weighted by atomic mass is 9.62. The fraction of sp³-hybridized carbons (Fsp3) is 0.680. The molecular formula is C25H37O5-. The molecule has 1 saturated carbocycles. The SMILES string of the molecule is C=C(O)CCOc1ccc(O[C@@H]([O-])[C@H](C)[C@@H]2CC[C@@H](C)[C@@H]3CCC(C)OCC23)cc1. The van der Waals surface area contributed by atoms with Gasteiger partial charge in [0, 0.05) is 12.7 Å². The predicted molar refractivity (Wildman–Crippen MR) is 115 cm³/mol. The first kappa shape index (κ1) is 23.0. The highest BCUT2D eigenvalue weighted by Crippen LogP contribution is 2.46. The lowest BCUT2D eigenvalue weighted by Crippen LogP contribution is -2.47. The number of aliphatic hydroxyl groups is 1. The molecule has 1 aromatic carbocycles. The van der Waals surface area contributed by atoms with Crippen molar-refractivity contribution in [3.05, 3.63) is 36.6 Å². The lowest BCUT2D eigenvalue weighted by molar-refractivity contribution is -0.489. The van der Waals surface area contributed by atoms with Gasteiger partial charge in [0.05, 0.1) is 25.1 Å². The molecule has 1 aliphatic carbocycles. The van der Waals surface area contributed by atoms with E-state index in [2.05, 4.69) is 20.4 Å². The van der Waals surface area contributed by atoms with Gasteiger partial charge in [-0.15, -0.1) is 0 Å². The monoisotopic (exact) mass is 417 g/mol. The van der Waals surface area contributed by atoms with Gasteiger partial charge in [-0.2, -0.15) is 0 Å². The molecule has 0 amide bonds. The summed E-state index contributed by atoms with van der Waals surface area (Å²) >= 11 is 0. The molecule has 1 aromatic rings. The number of ether oxygens (including phenoxy) is 3. The van der Waals surface area contributed by atoms with Crippen molar-refractivity contribution in [2.75, 3.05) is 13.2 Å². The maximum absolute atomic E-state index is 13.0. The van der Waals surface area contributed by atoms with E-state index in [0.29, 0.717) is 54.3 Å². The highest BCUT2D eigenvalue weighted by atomic mass is 16.6. The summed E-state index contributed by atoms with van der Waals surface area (Å²) in [5.41, 5.74) is 0. The van der Waals surface area contributed by atoms with E-state index in [1.807, 2.05) is 6.92 Å². The van der Waals surface area contributed by atoms with Crippen molar-refractivity contribution in [2.24, 2.45) is 29.6 Å². The minimum absolute atomic E-state index is 0.0755. The van der Waals surface area contributed by atoms with E-state index in [9.17, 15) is 5.11 Å². The van der Waals surface area contributed by atoms with Crippen molar-refractivity contribution in [3.8, 4) is 11.5 Å². The van der Waals surface area contributed by atoms with Crippen LogP contribution in [0.15, 0.2) is 36.6 Å². The summed E-state index contributed by atoms with van der Waals surface area (Å²) < 4.78 is 17.4. The van der Waals surface area contributed by atoms with Crippen LogP contribution in [0, 0.1) is 29.6 Å². The van der Waals surface area contributed by atoms with Gasteiger partial charge in [-0.25, -0.2) is 0 Å². The molecule has 168 valence electrons. The quantitative estimate of drug-likeness (QED) is 0.490. The number of hydrogen-bond donors (Lipinski definition) is 1. The Morgan fingerprint density at radius 2 is 1.83 bits per heavy atom. The molecule has 1 aliphatic heterocycles. The number of rotatable bonds is 8. The average Bonchev–Trinajstić information content (AvgIpc) is 2.91.